The number of fused-ring (bicyclic) bond motifs is 1. The van der Waals surface area contributed by atoms with Gasteiger partial charge in [-0.05, 0) is 29.8 Å². The van der Waals surface area contributed by atoms with Gasteiger partial charge >= 0.3 is 11.9 Å². The molecular formula is C20H11ClF3N3O2. The van der Waals surface area contributed by atoms with Gasteiger partial charge in [0.1, 0.15) is 0 Å². The average Bonchev–Trinajstić information content (AvgIpc) is 2.67. The molecule has 0 saturated carbocycles. The van der Waals surface area contributed by atoms with Gasteiger partial charge in [0, 0.05) is 16.8 Å². The van der Waals surface area contributed by atoms with Crippen molar-refractivity contribution in [3.63, 3.8) is 0 Å². The van der Waals surface area contributed by atoms with Crippen molar-refractivity contribution < 1.29 is 13.2 Å². The number of hydrogen-bond acceptors (Lipinski definition) is 3. The van der Waals surface area contributed by atoms with E-state index in [2.05, 4.69) is 9.97 Å². The summed E-state index contributed by atoms with van der Waals surface area (Å²) in [5.41, 5.74) is -2.13. The number of benzene rings is 2. The smallest absolute Gasteiger partial charge is 0.306 e. The number of aromatic nitrogens is 3. The van der Waals surface area contributed by atoms with Crippen LogP contribution in [0.4, 0.5) is 13.2 Å². The highest BCUT2D eigenvalue weighted by Crippen LogP contribution is 2.33. The van der Waals surface area contributed by atoms with E-state index in [9.17, 15) is 22.8 Å². The summed E-state index contributed by atoms with van der Waals surface area (Å²) in [6.45, 7) is 0. The molecule has 0 amide bonds. The summed E-state index contributed by atoms with van der Waals surface area (Å²) in [5.74, 6) is 0. The van der Waals surface area contributed by atoms with Crippen molar-refractivity contribution in [1.29, 1.82) is 0 Å². The van der Waals surface area contributed by atoms with Gasteiger partial charge in [0.05, 0.1) is 28.4 Å². The van der Waals surface area contributed by atoms with E-state index >= 15 is 0 Å². The SMILES string of the molecule is O=c1[nH]c2cc(-c3ccccc3Cl)ccc2c(=O)n1-c1cnccc1C(F)(F)F. The molecular weight excluding hydrogens is 407 g/mol. The first-order valence-electron chi connectivity index (χ1n) is 8.33. The number of nitrogens with zero attached hydrogens (tertiary/aromatic N) is 2. The maximum atomic E-state index is 13.3. The van der Waals surface area contributed by atoms with Crippen molar-refractivity contribution in [3.8, 4) is 16.8 Å². The van der Waals surface area contributed by atoms with Gasteiger partial charge in [-0.3, -0.25) is 9.78 Å². The molecule has 4 aromatic rings. The standard InChI is InChI=1S/C20H11ClF3N3O2/c21-15-4-2-1-3-12(15)11-5-6-13-16(9-11)26-19(29)27(18(13)28)17-10-25-8-7-14(17)20(22,23)24/h1-10H,(H,26,29). The largest absolute Gasteiger partial charge is 0.418 e. The number of nitrogens with one attached hydrogen (secondary N) is 1. The molecule has 2 aromatic carbocycles. The van der Waals surface area contributed by atoms with Crippen LogP contribution in [0, 0.1) is 0 Å². The highest BCUT2D eigenvalue weighted by Gasteiger charge is 2.34. The summed E-state index contributed by atoms with van der Waals surface area (Å²) in [7, 11) is 0. The average molecular weight is 418 g/mol. The molecule has 4 rings (SSSR count). The molecule has 0 aliphatic rings. The Morgan fingerprint density at radius 3 is 2.52 bits per heavy atom. The van der Waals surface area contributed by atoms with E-state index in [1.165, 1.54) is 6.07 Å². The first-order valence-corrected chi connectivity index (χ1v) is 8.71. The molecule has 0 aliphatic carbocycles. The Kier molecular flexibility index (Phi) is 4.50. The Morgan fingerprint density at radius 1 is 1.03 bits per heavy atom. The molecule has 0 aliphatic heterocycles. The van der Waals surface area contributed by atoms with Crippen LogP contribution in [0.3, 0.4) is 0 Å². The highest BCUT2D eigenvalue weighted by atomic mass is 35.5. The van der Waals surface area contributed by atoms with Gasteiger partial charge < -0.3 is 4.98 Å². The lowest BCUT2D eigenvalue weighted by atomic mass is 10.0. The first kappa shape index (κ1) is 18.9. The van der Waals surface area contributed by atoms with E-state index in [1.54, 1.807) is 36.4 Å². The zero-order valence-corrected chi connectivity index (χ0v) is 15.3. The van der Waals surface area contributed by atoms with Crippen molar-refractivity contribution in [3.05, 3.63) is 92.3 Å². The number of rotatable bonds is 2. The van der Waals surface area contributed by atoms with Crippen molar-refractivity contribution >= 4 is 22.5 Å². The molecule has 29 heavy (non-hydrogen) atoms. The summed E-state index contributed by atoms with van der Waals surface area (Å²) < 4.78 is 40.4. The molecule has 0 spiro atoms. The normalized spacial score (nSPS) is 11.7. The van der Waals surface area contributed by atoms with Crippen LogP contribution in [-0.2, 0) is 6.18 Å². The fraction of sp³-hybridized carbons (Fsp3) is 0.0500. The Labute approximate surface area is 166 Å². The van der Waals surface area contributed by atoms with Crippen molar-refractivity contribution in [1.82, 2.24) is 14.5 Å². The Balaban J connectivity index is 1.97. The van der Waals surface area contributed by atoms with E-state index in [0.29, 0.717) is 26.8 Å². The molecule has 2 aromatic heterocycles. The Hall–Kier alpha value is -3.39. The third kappa shape index (κ3) is 3.31. The molecule has 1 N–H and O–H groups in total. The Bertz CT molecular complexity index is 1360. The minimum atomic E-state index is -4.76. The number of hydrogen-bond donors (Lipinski definition) is 1. The van der Waals surface area contributed by atoms with Gasteiger partial charge in [-0.1, -0.05) is 35.9 Å². The molecule has 2 heterocycles. The predicted octanol–water partition coefficient (Wildman–Crippen LogP) is 4.41. The number of alkyl halides is 3. The quantitative estimate of drug-likeness (QED) is 0.525. The molecule has 0 atom stereocenters. The van der Waals surface area contributed by atoms with Crippen molar-refractivity contribution in [2.75, 3.05) is 0 Å². The zero-order chi connectivity index (χ0) is 20.8. The van der Waals surface area contributed by atoms with Crippen LogP contribution >= 0.6 is 11.6 Å². The lowest BCUT2D eigenvalue weighted by Crippen LogP contribution is -2.35. The van der Waals surface area contributed by atoms with Gasteiger partial charge in [0.2, 0.25) is 0 Å². The molecule has 0 bridgehead atoms. The first-order chi connectivity index (χ1) is 13.8. The summed E-state index contributed by atoms with van der Waals surface area (Å²) >= 11 is 6.19. The van der Waals surface area contributed by atoms with Crippen LogP contribution in [0.15, 0.2) is 70.5 Å². The maximum Gasteiger partial charge on any atom is 0.418 e. The predicted molar refractivity (Wildman–Crippen MR) is 103 cm³/mol. The Morgan fingerprint density at radius 2 is 1.79 bits per heavy atom. The van der Waals surface area contributed by atoms with Crippen LogP contribution in [0.2, 0.25) is 5.02 Å². The van der Waals surface area contributed by atoms with E-state index in [1.807, 2.05) is 0 Å². The molecule has 146 valence electrons. The number of aromatic amines is 1. The lowest BCUT2D eigenvalue weighted by molar-refractivity contribution is -0.137. The summed E-state index contributed by atoms with van der Waals surface area (Å²) in [6.07, 6.45) is -2.97. The van der Waals surface area contributed by atoms with Crippen molar-refractivity contribution in [2.24, 2.45) is 0 Å². The summed E-state index contributed by atoms with van der Waals surface area (Å²) in [4.78, 5) is 31.5. The molecule has 0 fully saturated rings. The van der Waals surface area contributed by atoms with Gasteiger partial charge in [-0.15, -0.1) is 0 Å². The van der Waals surface area contributed by atoms with E-state index in [0.717, 1.165) is 12.4 Å². The minimum Gasteiger partial charge on any atom is -0.306 e. The highest BCUT2D eigenvalue weighted by molar-refractivity contribution is 6.33. The number of H-pyrrole nitrogens is 1. The van der Waals surface area contributed by atoms with Crippen LogP contribution in [-0.4, -0.2) is 14.5 Å². The molecule has 9 heteroatoms. The van der Waals surface area contributed by atoms with Crippen LogP contribution in [0.1, 0.15) is 5.56 Å². The van der Waals surface area contributed by atoms with Crippen LogP contribution < -0.4 is 11.2 Å². The third-order valence-corrected chi connectivity index (χ3v) is 4.76. The third-order valence-electron chi connectivity index (χ3n) is 4.43. The second-order valence-electron chi connectivity index (χ2n) is 6.20. The fourth-order valence-electron chi connectivity index (χ4n) is 3.10. The van der Waals surface area contributed by atoms with Gasteiger partial charge in [-0.2, -0.15) is 13.2 Å². The van der Waals surface area contributed by atoms with E-state index in [-0.39, 0.29) is 10.9 Å². The van der Waals surface area contributed by atoms with Crippen LogP contribution in [0.25, 0.3) is 27.7 Å². The molecule has 5 nitrogen and oxygen atoms in total. The monoisotopic (exact) mass is 417 g/mol. The van der Waals surface area contributed by atoms with Gasteiger partial charge in [0.25, 0.3) is 5.56 Å². The molecule has 0 saturated heterocycles. The zero-order valence-electron chi connectivity index (χ0n) is 14.5. The molecule has 0 radical (unpaired) electrons. The second-order valence-corrected chi connectivity index (χ2v) is 6.61. The molecule has 0 unspecified atom stereocenters. The van der Waals surface area contributed by atoms with Crippen LogP contribution in [0.5, 0.6) is 0 Å². The second kappa shape index (κ2) is 6.89. The number of pyridine rings is 1. The minimum absolute atomic E-state index is 0.0531. The maximum absolute atomic E-state index is 13.3. The topological polar surface area (TPSA) is 67.8 Å². The summed E-state index contributed by atoms with van der Waals surface area (Å²) in [6, 6.07) is 12.3. The van der Waals surface area contributed by atoms with Gasteiger partial charge in [0.15, 0.2) is 0 Å². The summed E-state index contributed by atoms with van der Waals surface area (Å²) in [5, 5.41) is 0.532. The van der Waals surface area contributed by atoms with E-state index in [4.69, 9.17) is 11.6 Å². The van der Waals surface area contributed by atoms with Gasteiger partial charge in [-0.25, -0.2) is 9.36 Å². The number of halogens is 4. The fourth-order valence-corrected chi connectivity index (χ4v) is 3.35. The van der Waals surface area contributed by atoms with E-state index < -0.39 is 28.7 Å². The van der Waals surface area contributed by atoms with Crippen molar-refractivity contribution in [2.45, 2.75) is 6.18 Å². The lowest BCUT2D eigenvalue weighted by Gasteiger charge is -2.13.